The van der Waals surface area contributed by atoms with E-state index in [-0.39, 0.29) is 11.7 Å². The highest BCUT2D eigenvalue weighted by atomic mass is 19.1. The molecule has 1 aliphatic rings. The van der Waals surface area contributed by atoms with E-state index >= 15 is 0 Å². The van der Waals surface area contributed by atoms with Gasteiger partial charge in [0.1, 0.15) is 43.8 Å². The highest BCUT2D eigenvalue weighted by molar-refractivity contribution is 6.39. The van der Waals surface area contributed by atoms with Gasteiger partial charge in [-0.25, -0.2) is 4.39 Å². The van der Waals surface area contributed by atoms with Crippen LogP contribution in [0.15, 0.2) is 48.5 Å². The predicted molar refractivity (Wildman–Crippen MR) is 111 cm³/mol. The summed E-state index contributed by atoms with van der Waals surface area (Å²) >= 11 is 0. The minimum atomic E-state index is -0.883. The van der Waals surface area contributed by atoms with E-state index < -0.39 is 17.6 Å². The lowest BCUT2D eigenvalue weighted by molar-refractivity contribution is -1.02. The number of methoxy groups -OCH3 is 1. The fourth-order valence-corrected chi connectivity index (χ4v) is 3.70. The van der Waals surface area contributed by atoms with Gasteiger partial charge in [0, 0.05) is 5.56 Å². The summed E-state index contributed by atoms with van der Waals surface area (Å²) < 4.78 is 19.0. The molecule has 0 aliphatic carbocycles. The third-order valence-corrected chi connectivity index (χ3v) is 5.55. The molecule has 0 aromatic heterocycles. The third-order valence-electron chi connectivity index (χ3n) is 5.55. The van der Waals surface area contributed by atoms with Crippen molar-refractivity contribution in [1.82, 2.24) is 5.32 Å². The largest absolute Gasteiger partial charge is 0.497 e. The van der Waals surface area contributed by atoms with Crippen LogP contribution >= 0.6 is 0 Å². The van der Waals surface area contributed by atoms with Crippen LogP contribution in [0.2, 0.25) is 0 Å². The number of carbonyl (C=O) groups excluding carboxylic acids is 2. The summed E-state index contributed by atoms with van der Waals surface area (Å²) in [7, 11) is 3.80. The van der Waals surface area contributed by atoms with Crippen LogP contribution in [0, 0.1) is 5.82 Å². The number of para-hydroxylation sites is 1. The third kappa shape index (κ3) is 5.55. The quantitative estimate of drug-likeness (QED) is 0.459. The summed E-state index contributed by atoms with van der Waals surface area (Å²) in [5, 5.41) is 5.05. The molecule has 30 heavy (non-hydrogen) atoms. The first-order chi connectivity index (χ1) is 14.5. The summed E-state index contributed by atoms with van der Waals surface area (Å²) in [6.07, 6.45) is 0. The molecule has 4 N–H and O–H groups in total. The van der Waals surface area contributed by atoms with Gasteiger partial charge in [-0.05, 0) is 36.4 Å². The molecule has 1 saturated heterocycles. The second-order valence-electron chi connectivity index (χ2n) is 7.59. The van der Waals surface area contributed by atoms with Crippen molar-refractivity contribution in [1.29, 1.82) is 0 Å². The molecular formula is C22H29FN4O3+2. The van der Waals surface area contributed by atoms with Gasteiger partial charge in [0.15, 0.2) is 0 Å². The fraction of sp³-hybridized carbons (Fsp3) is 0.364. The smallest absolute Gasteiger partial charge is 0.313 e. The van der Waals surface area contributed by atoms with Crippen molar-refractivity contribution in [3.63, 3.8) is 0 Å². The van der Waals surface area contributed by atoms with Gasteiger partial charge in [0.2, 0.25) is 0 Å². The molecule has 2 amide bonds. The summed E-state index contributed by atoms with van der Waals surface area (Å²) in [5.74, 6) is -1.48. The van der Waals surface area contributed by atoms with Gasteiger partial charge < -0.3 is 25.2 Å². The number of likely N-dealkylation sites (N-methyl/N-ethyl adjacent to an activating group) is 1. The molecule has 1 aliphatic heterocycles. The zero-order chi connectivity index (χ0) is 21.5. The highest BCUT2D eigenvalue weighted by Crippen LogP contribution is 2.16. The maximum absolute atomic E-state index is 13.7. The van der Waals surface area contributed by atoms with Crippen LogP contribution < -0.4 is 25.2 Å². The van der Waals surface area contributed by atoms with Crippen molar-refractivity contribution in [2.75, 3.05) is 52.2 Å². The predicted octanol–water partition coefficient (Wildman–Crippen LogP) is -0.956. The maximum Gasteiger partial charge on any atom is 0.313 e. The molecule has 2 aromatic rings. The van der Waals surface area contributed by atoms with Crippen molar-refractivity contribution in [2.24, 2.45) is 0 Å². The lowest BCUT2D eigenvalue weighted by Crippen LogP contribution is -3.27. The minimum Gasteiger partial charge on any atom is -0.497 e. The van der Waals surface area contributed by atoms with E-state index in [0.717, 1.165) is 37.5 Å². The van der Waals surface area contributed by atoms with Crippen molar-refractivity contribution in [3.05, 3.63) is 59.9 Å². The minimum absolute atomic E-state index is 0.00853. The number of hydrogen-bond donors (Lipinski definition) is 4. The fourth-order valence-electron chi connectivity index (χ4n) is 3.70. The first-order valence-electron chi connectivity index (χ1n) is 10.1. The molecule has 2 aromatic carbocycles. The Morgan fingerprint density at radius 1 is 1.03 bits per heavy atom. The average molecular weight is 416 g/mol. The molecule has 0 bridgehead atoms. The Morgan fingerprint density at radius 3 is 2.33 bits per heavy atom. The SMILES string of the molecule is COc1ccc([C@H](CNC(=O)C(=O)Nc2ccccc2F)[NH+]2CC[NH+](C)CC2)cc1. The number of carbonyl (C=O) groups is 2. The van der Waals surface area contributed by atoms with Crippen LogP contribution in [0.4, 0.5) is 10.1 Å². The summed E-state index contributed by atoms with van der Waals surface area (Å²) in [6.45, 7) is 4.34. The molecule has 1 atom stereocenters. The van der Waals surface area contributed by atoms with Crippen molar-refractivity contribution >= 4 is 17.5 Å². The van der Waals surface area contributed by atoms with E-state index in [9.17, 15) is 14.0 Å². The van der Waals surface area contributed by atoms with Crippen LogP contribution in [-0.4, -0.2) is 58.7 Å². The molecule has 1 fully saturated rings. The van der Waals surface area contributed by atoms with Crippen LogP contribution in [0.5, 0.6) is 5.75 Å². The van der Waals surface area contributed by atoms with E-state index in [1.54, 1.807) is 13.2 Å². The molecule has 0 radical (unpaired) electrons. The molecule has 0 spiro atoms. The Morgan fingerprint density at radius 2 is 1.70 bits per heavy atom. The first-order valence-corrected chi connectivity index (χ1v) is 10.1. The Kier molecular flexibility index (Phi) is 7.37. The van der Waals surface area contributed by atoms with Gasteiger partial charge in [-0.3, -0.25) is 9.59 Å². The maximum atomic E-state index is 13.7. The number of benzene rings is 2. The zero-order valence-corrected chi connectivity index (χ0v) is 17.3. The topological polar surface area (TPSA) is 76.3 Å². The zero-order valence-electron chi connectivity index (χ0n) is 17.3. The van der Waals surface area contributed by atoms with Crippen LogP contribution in [0.3, 0.4) is 0 Å². The summed E-state index contributed by atoms with van der Waals surface area (Å²) in [4.78, 5) is 27.4. The second-order valence-corrected chi connectivity index (χ2v) is 7.59. The average Bonchev–Trinajstić information content (AvgIpc) is 2.77. The molecule has 1 heterocycles. The number of piperazine rings is 1. The van der Waals surface area contributed by atoms with Gasteiger partial charge in [-0.15, -0.1) is 0 Å². The lowest BCUT2D eigenvalue weighted by Gasteiger charge is -2.33. The monoisotopic (exact) mass is 416 g/mol. The normalized spacial score (nSPS) is 19.6. The van der Waals surface area contributed by atoms with E-state index in [1.165, 1.54) is 28.0 Å². The molecule has 7 nitrogen and oxygen atoms in total. The standard InChI is InChI=1S/C22H27FN4O3/c1-26-11-13-27(14-12-26)20(16-7-9-17(30-2)10-8-16)15-24-21(28)22(29)25-19-6-4-3-5-18(19)23/h3-10,20H,11-15H2,1-2H3,(H,24,28)(H,25,29)/p+2/t20-/m0/s1. The van der Waals surface area contributed by atoms with Crippen molar-refractivity contribution < 1.29 is 28.5 Å². The Labute approximate surface area is 175 Å². The first kappa shape index (κ1) is 21.7. The Hall–Kier alpha value is -2.97. The van der Waals surface area contributed by atoms with Gasteiger partial charge in [0.05, 0.1) is 26.4 Å². The van der Waals surface area contributed by atoms with Crippen LogP contribution in [0.25, 0.3) is 0 Å². The number of amides is 2. The number of hydrogen-bond acceptors (Lipinski definition) is 3. The van der Waals surface area contributed by atoms with E-state index in [1.807, 2.05) is 24.3 Å². The number of quaternary nitrogens is 2. The number of anilines is 1. The van der Waals surface area contributed by atoms with Crippen molar-refractivity contribution in [2.45, 2.75) is 6.04 Å². The Bertz CT molecular complexity index is 867. The molecule has 0 unspecified atom stereocenters. The lowest BCUT2D eigenvalue weighted by atomic mass is 10.0. The number of nitrogens with one attached hydrogen (secondary N) is 4. The molecule has 0 saturated carbocycles. The molecule has 8 heteroatoms. The Balaban J connectivity index is 1.66. The molecular weight excluding hydrogens is 387 g/mol. The second kappa shape index (κ2) is 10.2. The highest BCUT2D eigenvalue weighted by Gasteiger charge is 2.30. The van der Waals surface area contributed by atoms with Gasteiger partial charge in [-0.1, -0.05) is 12.1 Å². The van der Waals surface area contributed by atoms with Crippen LogP contribution in [0.1, 0.15) is 11.6 Å². The van der Waals surface area contributed by atoms with Gasteiger partial charge in [-0.2, -0.15) is 0 Å². The summed E-state index contributed by atoms with van der Waals surface area (Å²) in [5.41, 5.74) is 1.05. The van der Waals surface area contributed by atoms with Crippen LogP contribution in [-0.2, 0) is 9.59 Å². The summed E-state index contributed by atoms with van der Waals surface area (Å²) in [6, 6.07) is 13.5. The van der Waals surface area contributed by atoms with Gasteiger partial charge in [0.25, 0.3) is 0 Å². The molecule has 160 valence electrons. The van der Waals surface area contributed by atoms with E-state index in [4.69, 9.17) is 4.74 Å². The number of ether oxygens (including phenoxy) is 1. The molecule has 3 rings (SSSR count). The number of halogens is 1. The van der Waals surface area contributed by atoms with Gasteiger partial charge >= 0.3 is 11.8 Å². The van der Waals surface area contributed by atoms with Crippen molar-refractivity contribution in [3.8, 4) is 5.75 Å². The van der Waals surface area contributed by atoms with E-state index in [2.05, 4.69) is 17.7 Å². The van der Waals surface area contributed by atoms with E-state index in [0.29, 0.717) is 6.54 Å². The number of rotatable bonds is 6.